The van der Waals surface area contributed by atoms with Crippen LogP contribution < -0.4 is 5.32 Å². The first-order valence-electron chi connectivity index (χ1n) is 9.18. The molecule has 142 valence electrons. The molecule has 0 unspecified atom stereocenters. The molecule has 26 heavy (non-hydrogen) atoms. The molecule has 1 saturated heterocycles. The quantitative estimate of drug-likeness (QED) is 0.812. The summed E-state index contributed by atoms with van der Waals surface area (Å²) in [5.74, 6) is -1.12. The van der Waals surface area contributed by atoms with Crippen molar-refractivity contribution in [3.63, 3.8) is 0 Å². The lowest BCUT2D eigenvalue weighted by Gasteiger charge is -2.22. The second-order valence-corrected chi connectivity index (χ2v) is 7.74. The van der Waals surface area contributed by atoms with Crippen molar-refractivity contribution in [2.75, 3.05) is 18.4 Å². The lowest BCUT2D eigenvalue weighted by atomic mass is 9.85. The van der Waals surface area contributed by atoms with Crippen LogP contribution in [0.4, 0.5) is 5.69 Å². The van der Waals surface area contributed by atoms with E-state index in [1.165, 1.54) is 12.8 Å². The Morgan fingerprint density at radius 1 is 1.00 bits per heavy atom. The van der Waals surface area contributed by atoms with Crippen molar-refractivity contribution in [1.29, 1.82) is 0 Å². The predicted molar refractivity (Wildman–Crippen MR) is 100 cm³/mol. The van der Waals surface area contributed by atoms with Crippen molar-refractivity contribution in [1.82, 2.24) is 4.90 Å². The minimum absolute atomic E-state index is 0.0346. The number of rotatable bonds is 6. The maximum atomic E-state index is 12.6. The van der Waals surface area contributed by atoms with Crippen LogP contribution in [0.15, 0.2) is 24.3 Å². The zero-order valence-corrected chi connectivity index (χ0v) is 15.6. The molecule has 0 aromatic heterocycles. The second-order valence-electron chi connectivity index (χ2n) is 7.74. The van der Waals surface area contributed by atoms with Gasteiger partial charge < -0.3 is 15.3 Å². The average molecular weight is 360 g/mol. The van der Waals surface area contributed by atoms with Crippen molar-refractivity contribution in [3.8, 4) is 0 Å². The SMILES string of the molecule is CC(C)(CC(=O)O)CC(=O)Nc1ccc(C(=O)N2CCCCCC2)cc1. The summed E-state index contributed by atoms with van der Waals surface area (Å²) in [6.45, 7) is 5.11. The van der Waals surface area contributed by atoms with Crippen LogP contribution in [0.25, 0.3) is 0 Å². The number of carbonyl (C=O) groups is 3. The van der Waals surface area contributed by atoms with Gasteiger partial charge in [-0.2, -0.15) is 0 Å². The Kier molecular flexibility index (Phi) is 6.77. The Hall–Kier alpha value is -2.37. The van der Waals surface area contributed by atoms with Gasteiger partial charge in [-0.3, -0.25) is 14.4 Å². The van der Waals surface area contributed by atoms with Gasteiger partial charge in [0.15, 0.2) is 0 Å². The van der Waals surface area contributed by atoms with Gasteiger partial charge in [-0.05, 0) is 42.5 Å². The van der Waals surface area contributed by atoms with E-state index in [9.17, 15) is 14.4 Å². The summed E-state index contributed by atoms with van der Waals surface area (Å²) in [5, 5.41) is 11.7. The zero-order chi connectivity index (χ0) is 19.2. The van der Waals surface area contributed by atoms with Crippen LogP contribution in [0.1, 0.15) is 62.7 Å². The van der Waals surface area contributed by atoms with Gasteiger partial charge in [0.05, 0.1) is 6.42 Å². The fourth-order valence-corrected chi connectivity index (χ4v) is 3.26. The molecule has 1 fully saturated rings. The van der Waals surface area contributed by atoms with Gasteiger partial charge in [0.1, 0.15) is 0 Å². The van der Waals surface area contributed by atoms with Crippen molar-refractivity contribution in [2.24, 2.45) is 5.41 Å². The lowest BCUT2D eigenvalue weighted by molar-refractivity contribution is -0.139. The number of hydrogen-bond donors (Lipinski definition) is 2. The van der Waals surface area contributed by atoms with Crippen molar-refractivity contribution >= 4 is 23.5 Å². The fraction of sp³-hybridized carbons (Fsp3) is 0.550. The topological polar surface area (TPSA) is 86.7 Å². The molecule has 0 saturated carbocycles. The molecule has 0 radical (unpaired) electrons. The van der Waals surface area contributed by atoms with Crippen molar-refractivity contribution in [2.45, 2.75) is 52.4 Å². The molecule has 2 N–H and O–H groups in total. The average Bonchev–Trinajstić information content (AvgIpc) is 2.82. The maximum Gasteiger partial charge on any atom is 0.303 e. The van der Waals surface area contributed by atoms with Gasteiger partial charge in [0.25, 0.3) is 5.91 Å². The maximum absolute atomic E-state index is 12.6. The number of amides is 2. The summed E-state index contributed by atoms with van der Waals surface area (Å²) in [6, 6.07) is 6.89. The molecule has 2 amide bonds. The number of carbonyl (C=O) groups excluding carboxylic acids is 2. The highest BCUT2D eigenvalue weighted by Gasteiger charge is 2.25. The summed E-state index contributed by atoms with van der Waals surface area (Å²) < 4.78 is 0. The summed E-state index contributed by atoms with van der Waals surface area (Å²) in [5.41, 5.74) is 0.614. The van der Waals surface area contributed by atoms with E-state index in [1.54, 1.807) is 38.1 Å². The summed E-state index contributed by atoms with van der Waals surface area (Å²) in [6.07, 6.45) is 4.50. The third-order valence-corrected chi connectivity index (χ3v) is 4.58. The highest BCUT2D eigenvalue weighted by molar-refractivity contribution is 5.96. The minimum Gasteiger partial charge on any atom is -0.481 e. The first-order valence-corrected chi connectivity index (χ1v) is 9.18. The molecule has 0 aliphatic carbocycles. The van der Waals surface area contributed by atoms with E-state index >= 15 is 0 Å². The van der Waals surface area contributed by atoms with Gasteiger partial charge in [0, 0.05) is 30.8 Å². The van der Waals surface area contributed by atoms with E-state index in [4.69, 9.17) is 5.11 Å². The number of nitrogens with one attached hydrogen (secondary N) is 1. The number of anilines is 1. The number of benzene rings is 1. The largest absolute Gasteiger partial charge is 0.481 e. The van der Waals surface area contributed by atoms with Gasteiger partial charge in [-0.25, -0.2) is 0 Å². The van der Waals surface area contributed by atoms with Crippen LogP contribution in [0.5, 0.6) is 0 Å². The number of aliphatic carboxylic acids is 1. The molecule has 6 heteroatoms. The van der Waals surface area contributed by atoms with E-state index < -0.39 is 11.4 Å². The molecule has 0 bridgehead atoms. The Labute approximate surface area is 154 Å². The molecule has 6 nitrogen and oxygen atoms in total. The smallest absolute Gasteiger partial charge is 0.303 e. The van der Waals surface area contributed by atoms with Crippen molar-refractivity contribution < 1.29 is 19.5 Å². The predicted octanol–water partition coefficient (Wildman–Crippen LogP) is 3.53. The van der Waals surface area contributed by atoms with E-state index in [0.717, 1.165) is 25.9 Å². The normalized spacial score (nSPS) is 15.2. The summed E-state index contributed by atoms with van der Waals surface area (Å²) in [7, 11) is 0. The Morgan fingerprint density at radius 2 is 1.58 bits per heavy atom. The molecule has 1 aromatic carbocycles. The van der Waals surface area contributed by atoms with Gasteiger partial charge in [0.2, 0.25) is 5.91 Å². The van der Waals surface area contributed by atoms with E-state index in [0.29, 0.717) is 11.3 Å². The fourth-order valence-electron chi connectivity index (χ4n) is 3.26. The molecule has 1 heterocycles. The summed E-state index contributed by atoms with van der Waals surface area (Å²) >= 11 is 0. The first kappa shape index (κ1) is 19.9. The van der Waals surface area contributed by atoms with Gasteiger partial charge in [-0.15, -0.1) is 0 Å². The zero-order valence-electron chi connectivity index (χ0n) is 15.6. The van der Waals surface area contributed by atoms with E-state index in [-0.39, 0.29) is 24.7 Å². The summed E-state index contributed by atoms with van der Waals surface area (Å²) in [4.78, 5) is 37.4. The lowest BCUT2D eigenvalue weighted by Crippen LogP contribution is -2.31. The minimum atomic E-state index is -0.917. The molecule has 0 atom stereocenters. The highest BCUT2D eigenvalue weighted by atomic mass is 16.4. The number of carboxylic acid groups (broad SMARTS) is 1. The molecule has 0 spiro atoms. The van der Waals surface area contributed by atoms with Gasteiger partial charge >= 0.3 is 5.97 Å². The number of nitrogens with zero attached hydrogens (tertiary/aromatic N) is 1. The Morgan fingerprint density at radius 3 is 2.12 bits per heavy atom. The Bertz CT molecular complexity index is 644. The number of hydrogen-bond acceptors (Lipinski definition) is 3. The number of carboxylic acids is 1. The van der Waals surface area contributed by atoms with Crippen LogP contribution >= 0.6 is 0 Å². The first-order chi connectivity index (χ1) is 12.3. The molecule has 1 aliphatic heterocycles. The molecular weight excluding hydrogens is 332 g/mol. The molecular formula is C20H28N2O4. The monoisotopic (exact) mass is 360 g/mol. The van der Waals surface area contributed by atoms with Crippen LogP contribution in [-0.2, 0) is 9.59 Å². The van der Waals surface area contributed by atoms with Crippen LogP contribution in [0, 0.1) is 5.41 Å². The van der Waals surface area contributed by atoms with Crippen LogP contribution in [0.2, 0.25) is 0 Å². The second kappa shape index (κ2) is 8.83. The van der Waals surface area contributed by atoms with E-state index in [1.807, 2.05) is 4.90 Å². The van der Waals surface area contributed by atoms with Crippen LogP contribution in [0.3, 0.4) is 0 Å². The molecule has 1 aliphatic rings. The highest BCUT2D eigenvalue weighted by Crippen LogP contribution is 2.25. The Balaban J connectivity index is 1.93. The van der Waals surface area contributed by atoms with E-state index in [2.05, 4.69) is 5.32 Å². The molecule has 2 rings (SSSR count). The third-order valence-electron chi connectivity index (χ3n) is 4.58. The third kappa shape index (κ3) is 6.17. The van der Waals surface area contributed by atoms with Gasteiger partial charge in [-0.1, -0.05) is 26.7 Å². The number of likely N-dealkylation sites (tertiary alicyclic amines) is 1. The molecule has 1 aromatic rings. The standard InChI is InChI=1S/C20H28N2O4/c1-20(2,14-18(24)25)13-17(23)21-16-9-7-15(8-10-16)19(26)22-11-5-3-4-6-12-22/h7-10H,3-6,11-14H2,1-2H3,(H,21,23)(H,24,25). The van der Waals surface area contributed by atoms with Crippen LogP contribution in [-0.4, -0.2) is 40.9 Å². The van der Waals surface area contributed by atoms with Crippen molar-refractivity contribution in [3.05, 3.63) is 29.8 Å².